The average molecular weight is 550 g/mol. The van der Waals surface area contributed by atoms with Gasteiger partial charge in [-0.3, -0.25) is 0 Å². The van der Waals surface area contributed by atoms with Gasteiger partial charge in [-0.05, 0) is 94.8 Å². The number of benzene rings is 1. The van der Waals surface area contributed by atoms with Crippen LogP contribution in [0.25, 0.3) is 6.08 Å². The predicted octanol–water partition coefficient (Wildman–Crippen LogP) is 6.09. The predicted molar refractivity (Wildman–Crippen MR) is 151 cm³/mol. The monoisotopic (exact) mass is 549 g/mol. The van der Waals surface area contributed by atoms with Crippen molar-refractivity contribution in [2.75, 3.05) is 40.1 Å². The third-order valence-electron chi connectivity index (χ3n) is 6.88. The van der Waals surface area contributed by atoms with Gasteiger partial charge in [0.15, 0.2) is 0 Å². The summed E-state index contributed by atoms with van der Waals surface area (Å²) in [7, 11) is -1.29. The minimum absolute atomic E-state index is 0.347. The van der Waals surface area contributed by atoms with Crippen LogP contribution in [0.1, 0.15) is 82.8 Å². The first kappa shape index (κ1) is 32.0. The molecule has 8 nitrogen and oxygen atoms in total. The highest BCUT2D eigenvalue weighted by Crippen LogP contribution is 2.37. The molecule has 0 aromatic heterocycles. The number of hydrogen-bond donors (Lipinski definition) is 1. The van der Waals surface area contributed by atoms with E-state index in [9.17, 15) is 9.59 Å². The maximum Gasteiger partial charge on any atom is 0.500 e. The summed E-state index contributed by atoms with van der Waals surface area (Å²) in [6, 6.07) is 9.11. The van der Waals surface area contributed by atoms with Gasteiger partial charge in [0.25, 0.3) is 0 Å². The average Bonchev–Trinajstić information content (AvgIpc) is 2.93. The topological polar surface area (TPSA) is 92.3 Å². The first-order valence-corrected chi connectivity index (χ1v) is 16.1. The summed E-state index contributed by atoms with van der Waals surface area (Å²) in [4.78, 5) is 23.3. The summed E-state index contributed by atoms with van der Waals surface area (Å²) < 4.78 is 27.6. The van der Waals surface area contributed by atoms with Crippen LogP contribution < -0.4 is 5.32 Å². The lowest BCUT2D eigenvalue weighted by Gasteiger charge is -2.29. The number of esters is 1. The van der Waals surface area contributed by atoms with Gasteiger partial charge in [0.2, 0.25) is 0 Å². The normalized spacial score (nSPS) is 17.9. The Kier molecular flexibility index (Phi) is 15.3. The molecule has 0 bridgehead atoms. The molecule has 0 aliphatic heterocycles. The molecule has 0 atom stereocenters. The van der Waals surface area contributed by atoms with Gasteiger partial charge in [0, 0.05) is 38.5 Å². The molecule has 1 N–H and O–H groups in total. The highest BCUT2D eigenvalue weighted by molar-refractivity contribution is 6.60. The molecule has 0 heterocycles. The molecular formula is C29H47NO7Si. The first-order chi connectivity index (χ1) is 18.4. The van der Waals surface area contributed by atoms with Crippen LogP contribution in [0.15, 0.2) is 30.3 Å². The Hall–Kier alpha value is -2.20. The fourth-order valence-electron chi connectivity index (χ4n) is 4.98. The van der Waals surface area contributed by atoms with Crippen LogP contribution in [0.2, 0.25) is 6.04 Å². The largest absolute Gasteiger partial charge is 0.500 e. The zero-order valence-corrected chi connectivity index (χ0v) is 24.7. The highest BCUT2D eigenvalue weighted by atomic mass is 28.4. The van der Waals surface area contributed by atoms with Crippen molar-refractivity contribution < 1.29 is 32.3 Å². The van der Waals surface area contributed by atoms with Gasteiger partial charge in [0.1, 0.15) is 0 Å². The Morgan fingerprint density at radius 2 is 1.58 bits per heavy atom. The van der Waals surface area contributed by atoms with Crippen LogP contribution in [-0.2, 0) is 27.5 Å². The van der Waals surface area contributed by atoms with E-state index in [1.807, 2.05) is 20.8 Å². The van der Waals surface area contributed by atoms with Crippen LogP contribution in [0, 0.1) is 5.92 Å². The van der Waals surface area contributed by atoms with E-state index in [0.717, 1.165) is 24.8 Å². The van der Waals surface area contributed by atoms with Crippen molar-refractivity contribution in [1.29, 1.82) is 0 Å². The Balaban J connectivity index is 1.59. The summed E-state index contributed by atoms with van der Waals surface area (Å²) >= 11 is 0. The molecule has 1 fully saturated rings. The molecule has 1 aliphatic carbocycles. The molecular weight excluding hydrogens is 502 g/mol. The minimum Gasteiger partial charge on any atom is -0.466 e. The van der Waals surface area contributed by atoms with E-state index in [0.29, 0.717) is 50.9 Å². The summed E-state index contributed by atoms with van der Waals surface area (Å²) in [5.41, 5.74) is 2.36. The van der Waals surface area contributed by atoms with Crippen LogP contribution >= 0.6 is 0 Å². The number of carbonyl (C=O) groups is 2. The molecule has 38 heavy (non-hydrogen) atoms. The molecule has 1 saturated carbocycles. The fraction of sp³-hybridized carbons (Fsp3) is 0.655. The van der Waals surface area contributed by atoms with Crippen molar-refractivity contribution in [3.63, 3.8) is 0 Å². The van der Waals surface area contributed by atoms with Crippen LogP contribution in [0.3, 0.4) is 0 Å². The number of alkyl carbamates (subject to hydrolysis) is 1. The summed E-state index contributed by atoms with van der Waals surface area (Å²) in [5, 5.41) is 2.83. The quantitative estimate of drug-likeness (QED) is 0.109. The SMILES string of the molecule is CCO[Si](CCCNC(=O)OCCCC1CCC(c2ccc(C=CC(=O)OC)cc2)CC1)(OCC)OCC. The van der Waals surface area contributed by atoms with E-state index in [1.165, 1.54) is 44.4 Å². The Bertz CT molecular complexity index is 821. The molecule has 0 unspecified atom stereocenters. The van der Waals surface area contributed by atoms with E-state index in [-0.39, 0.29) is 12.1 Å². The molecule has 214 valence electrons. The number of methoxy groups -OCH3 is 1. The number of hydrogen-bond acceptors (Lipinski definition) is 7. The zero-order valence-electron chi connectivity index (χ0n) is 23.7. The molecule has 1 aromatic carbocycles. The lowest BCUT2D eigenvalue weighted by molar-refractivity contribution is -0.134. The summed E-state index contributed by atoms with van der Waals surface area (Å²) in [6.45, 7) is 8.42. The third-order valence-corrected chi connectivity index (χ3v) is 10.0. The van der Waals surface area contributed by atoms with Gasteiger partial charge in [-0.1, -0.05) is 24.3 Å². The van der Waals surface area contributed by atoms with Crippen molar-refractivity contribution in [2.24, 2.45) is 5.92 Å². The van der Waals surface area contributed by atoms with Gasteiger partial charge < -0.3 is 28.1 Å². The van der Waals surface area contributed by atoms with E-state index in [2.05, 4.69) is 34.3 Å². The zero-order chi connectivity index (χ0) is 27.6. The Morgan fingerprint density at radius 3 is 2.16 bits per heavy atom. The first-order valence-electron chi connectivity index (χ1n) is 14.1. The number of carbonyl (C=O) groups excluding carboxylic acids is 2. The fourth-order valence-corrected chi connectivity index (χ4v) is 7.59. The number of amides is 1. The van der Waals surface area contributed by atoms with Gasteiger partial charge in [-0.2, -0.15) is 0 Å². The van der Waals surface area contributed by atoms with E-state index in [1.54, 1.807) is 6.08 Å². The second-order valence-electron chi connectivity index (χ2n) is 9.53. The van der Waals surface area contributed by atoms with Crippen molar-refractivity contribution >= 4 is 26.9 Å². The summed E-state index contributed by atoms with van der Waals surface area (Å²) in [6.07, 6.45) is 10.3. The summed E-state index contributed by atoms with van der Waals surface area (Å²) in [5.74, 6) is 0.927. The maximum absolute atomic E-state index is 12.1. The molecule has 1 aliphatic rings. The number of ether oxygens (including phenoxy) is 2. The van der Waals surface area contributed by atoms with E-state index >= 15 is 0 Å². The highest BCUT2D eigenvalue weighted by Gasteiger charge is 2.39. The molecule has 1 aromatic rings. The Morgan fingerprint density at radius 1 is 0.947 bits per heavy atom. The smallest absolute Gasteiger partial charge is 0.466 e. The van der Waals surface area contributed by atoms with Crippen LogP contribution in [0.4, 0.5) is 4.79 Å². The van der Waals surface area contributed by atoms with Crippen LogP contribution in [0.5, 0.6) is 0 Å². The Labute approximate surface area is 229 Å². The second kappa shape index (κ2) is 18.1. The van der Waals surface area contributed by atoms with Gasteiger partial charge in [-0.25, -0.2) is 9.59 Å². The van der Waals surface area contributed by atoms with E-state index in [4.69, 9.17) is 18.0 Å². The molecule has 1 amide bonds. The lowest BCUT2D eigenvalue weighted by Crippen LogP contribution is -2.46. The maximum atomic E-state index is 12.1. The number of nitrogens with one attached hydrogen (secondary N) is 1. The van der Waals surface area contributed by atoms with Crippen molar-refractivity contribution in [2.45, 2.75) is 77.7 Å². The molecule has 0 spiro atoms. The number of rotatable bonds is 17. The van der Waals surface area contributed by atoms with Crippen molar-refractivity contribution in [3.05, 3.63) is 41.5 Å². The molecule has 0 saturated heterocycles. The van der Waals surface area contributed by atoms with Gasteiger partial charge >= 0.3 is 20.9 Å². The minimum atomic E-state index is -2.67. The van der Waals surface area contributed by atoms with Gasteiger partial charge in [0.05, 0.1) is 13.7 Å². The third kappa shape index (κ3) is 11.7. The van der Waals surface area contributed by atoms with Crippen molar-refractivity contribution in [1.82, 2.24) is 5.32 Å². The second-order valence-corrected chi connectivity index (χ2v) is 12.3. The van der Waals surface area contributed by atoms with Crippen LogP contribution in [-0.4, -0.2) is 60.9 Å². The lowest BCUT2D eigenvalue weighted by atomic mass is 9.77. The van der Waals surface area contributed by atoms with Crippen molar-refractivity contribution in [3.8, 4) is 0 Å². The molecule has 0 radical (unpaired) electrons. The van der Waals surface area contributed by atoms with Gasteiger partial charge in [-0.15, -0.1) is 0 Å². The molecule has 9 heteroatoms. The molecule has 2 rings (SSSR count). The standard InChI is InChI=1S/C29H47NO7Si/c1-5-35-38(36-6-2,37-7-3)23-9-21-30-29(32)34-22-8-10-24-11-16-26(17-12-24)27-18-13-25(14-19-27)15-20-28(31)33-4/h13-15,18-20,24,26H,5-12,16-17,21-23H2,1-4H3,(H,30,32). The van der Waals surface area contributed by atoms with E-state index < -0.39 is 8.80 Å².